The third-order valence-electron chi connectivity index (χ3n) is 2.14. The van der Waals surface area contributed by atoms with Crippen LogP contribution in [0, 0.1) is 6.55 Å². The van der Waals surface area contributed by atoms with Gasteiger partial charge >= 0.3 is 0 Å². The van der Waals surface area contributed by atoms with E-state index in [9.17, 15) is 0 Å². The molecule has 0 saturated carbocycles. The molecule has 0 fully saturated rings. The Morgan fingerprint density at radius 3 is 2.53 bits per heavy atom. The summed E-state index contributed by atoms with van der Waals surface area (Å²) in [5.41, 5.74) is 2.70. The van der Waals surface area contributed by atoms with E-state index in [0.29, 0.717) is 6.61 Å². The molecule has 3 nitrogen and oxygen atoms in total. The molecule has 0 bridgehead atoms. The predicted molar refractivity (Wildman–Crippen MR) is 63.7 cm³/mol. The zero-order valence-electron chi connectivity index (χ0n) is 9.75. The van der Waals surface area contributed by atoms with E-state index in [1.807, 2.05) is 6.08 Å². The van der Waals surface area contributed by atoms with E-state index in [-0.39, 0.29) is 0 Å². The van der Waals surface area contributed by atoms with Crippen molar-refractivity contribution in [3.63, 3.8) is 0 Å². The summed E-state index contributed by atoms with van der Waals surface area (Å²) in [5.74, 6) is 0. The first kappa shape index (κ1) is 14.6. The maximum absolute atomic E-state index is 5.40. The van der Waals surface area contributed by atoms with Gasteiger partial charge in [-0.2, -0.15) is 0 Å². The Bertz CT molecular complexity index is 196. The van der Waals surface area contributed by atoms with Gasteiger partial charge in [-0.3, -0.25) is 6.55 Å². The molecule has 0 aromatic carbocycles. The minimum Gasteiger partial charge on any atom is -0.420 e. The van der Waals surface area contributed by atoms with Crippen LogP contribution in [0.5, 0.6) is 0 Å². The van der Waals surface area contributed by atoms with Gasteiger partial charge in [0.1, 0.15) is 0 Å². The topological polar surface area (TPSA) is 27.7 Å². The Hall–Kier alpha value is -0.383. The van der Waals surface area contributed by atoms with Gasteiger partial charge in [0, 0.05) is 20.8 Å². The molecule has 0 unspecified atom stereocenters. The third-order valence-corrected chi connectivity index (χ3v) is 4.74. The van der Waals surface area contributed by atoms with Crippen LogP contribution in [0.3, 0.4) is 0 Å². The Balaban J connectivity index is 3.41. The molecular formula is C11H21O3Si-. The van der Waals surface area contributed by atoms with Gasteiger partial charge in [-0.25, -0.2) is 0 Å². The molecule has 0 amide bonds. The molecule has 0 aromatic heterocycles. The largest absolute Gasteiger partial charge is 0.420 e. The highest BCUT2D eigenvalue weighted by molar-refractivity contribution is 6.69. The van der Waals surface area contributed by atoms with Crippen molar-refractivity contribution in [3.8, 4) is 0 Å². The van der Waals surface area contributed by atoms with Crippen LogP contribution in [-0.4, -0.2) is 36.0 Å². The summed E-state index contributed by atoms with van der Waals surface area (Å²) in [7, 11) is 1.17. The Kier molecular flexibility index (Phi) is 8.66. The minimum atomic E-state index is -2.13. The van der Waals surface area contributed by atoms with Crippen LogP contribution in [0.2, 0.25) is 6.04 Å². The molecule has 0 aliphatic heterocycles. The van der Waals surface area contributed by atoms with E-state index < -0.39 is 8.56 Å². The predicted octanol–water partition coefficient (Wildman–Crippen LogP) is 2.23. The minimum absolute atomic E-state index is 0.716. The van der Waals surface area contributed by atoms with Crippen LogP contribution in [0.1, 0.15) is 12.8 Å². The first-order valence-corrected chi connectivity index (χ1v) is 7.29. The normalized spacial score (nSPS) is 11.1. The van der Waals surface area contributed by atoms with Crippen LogP contribution in [0.25, 0.3) is 0 Å². The maximum atomic E-state index is 5.40. The van der Waals surface area contributed by atoms with Crippen molar-refractivity contribution in [1.29, 1.82) is 0 Å². The van der Waals surface area contributed by atoms with E-state index in [1.165, 1.54) is 0 Å². The highest BCUT2D eigenvalue weighted by Crippen LogP contribution is 2.12. The monoisotopic (exact) mass is 229 g/mol. The summed E-state index contributed by atoms with van der Waals surface area (Å²) in [6.07, 6.45) is 3.66. The van der Waals surface area contributed by atoms with Gasteiger partial charge in [-0.05, 0) is 25.0 Å². The lowest BCUT2D eigenvalue weighted by Gasteiger charge is -2.30. The molecule has 0 radical (unpaired) electrons. The molecule has 0 aliphatic rings. The van der Waals surface area contributed by atoms with Crippen LogP contribution >= 0.6 is 0 Å². The van der Waals surface area contributed by atoms with Crippen molar-refractivity contribution in [2.24, 2.45) is 0 Å². The van der Waals surface area contributed by atoms with Crippen molar-refractivity contribution < 1.29 is 13.6 Å². The smallest absolute Gasteiger partial charge is 0.176 e. The fraction of sp³-hybridized carbons (Fsp3) is 0.636. The van der Waals surface area contributed by atoms with Crippen LogP contribution in [0.15, 0.2) is 18.4 Å². The molecule has 0 aromatic rings. The summed E-state index contributed by atoms with van der Waals surface area (Å²) < 4.78 is 15.9. The van der Waals surface area contributed by atoms with E-state index in [1.54, 1.807) is 14.2 Å². The van der Waals surface area contributed by atoms with Gasteiger partial charge < -0.3 is 13.6 Å². The molecule has 0 N–H and O–H groups in total. The summed E-state index contributed by atoms with van der Waals surface area (Å²) >= 11 is 0. The second-order valence-corrected chi connectivity index (χ2v) is 6.37. The molecule has 0 spiro atoms. The second kappa shape index (κ2) is 8.89. The van der Waals surface area contributed by atoms with E-state index in [0.717, 1.165) is 25.5 Å². The Labute approximate surface area is 94.0 Å². The van der Waals surface area contributed by atoms with Gasteiger partial charge in [-0.15, -0.1) is 5.73 Å². The maximum Gasteiger partial charge on any atom is 0.176 e. The van der Waals surface area contributed by atoms with Gasteiger partial charge in [-0.1, -0.05) is 6.58 Å². The zero-order chi connectivity index (χ0) is 11.6. The lowest BCUT2D eigenvalue weighted by atomic mass is 10.4. The lowest BCUT2D eigenvalue weighted by molar-refractivity contribution is 0.136. The fourth-order valence-corrected chi connectivity index (χ4v) is 2.34. The molecule has 0 atom stereocenters. The molecular weight excluding hydrogens is 208 g/mol. The molecule has 0 heterocycles. The second-order valence-electron chi connectivity index (χ2n) is 3.23. The average molecular weight is 229 g/mol. The Morgan fingerprint density at radius 1 is 1.33 bits per heavy atom. The van der Waals surface area contributed by atoms with Crippen LogP contribution in [0.4, 0.5) is 0 Å². The highest BCUT2D eigenvalue weighted by Gasteiger charge is 2.17. The zero-order valence-corrected chi connectivity index (χ0v) is 10.8. The lowest BCUT2D eigenvalue weighted by Crippen LogP contribution is -2.37. The van der Waals surface area contributed by atoms with E-state index in [2.05, 4.69) is 18.9 Å². The van der Waals surface area contributed by atoms with Gasteiger partial charge in [0.25, 0.3) is 0 Å². The van der Waals surface area contributed by atoms with Gasteiger partial charge in [0.2, 0.25) is 0 Å². The van der Waals surface area contributed by atoms with Crippen molar-refractivity contribution in [3.05, 3.63) is 24.9 Å². The number of ether oxygens (including phenoxy) is 1. The van der Waals surface area contributed by atoms with Crippen LogP contribution in [-0.2, 0) is 13.6 Å². The van der Waals surface area contributed by atoms with E-state index >= 15 is 0 Å². The van der Waals surface area contributed by atoms with Crippen molar-refractivity contribution >= 4 is 8.56 Å². The first-order chi connectivity index (χ1) is 7.18. The molecule has 4 heteroatoms. The number of hydrogen-bond donors (Lipinski definition) is 0. The summed E-state index contributed by atoms with van der Waals surface area (Å²) in [4.78, 5) is 0. The molecule has 15 heavy (non-hydrogen) atoms. The summed E-state index contributed by atoms with van der Waals surface area (Å²) in [6.45, 7) is 8.89. The Morgan fingerprint density at radius 2 is 2.00 bits per heavy atom. The first-order valence-electron chi connectivity index (χ1n) is 5.06. The SMILES string of the molecule is C=C=CCCOCCC[Si]([CH2-])(OC)OC. The fourth-order valence-electron chi connectivity index (χ4n) is 1.08. The number of hydrogen-bond acceptors (Lipinski definition) is 3. The quantitative estimate of drug-likeness (QED) is 0.263. The average Bonchev–Trinajstić information content (AvgIpc) is 2.27. The highest BCUT2D eigenvalue weighted by atomic mass is 28.4. The standard InChI is InChI=1S/C11H21O3Si/c1-5-6-7-9-14-10-8-11-15(4,12-2)13-3/h6H,1,4,7-11H2,2-3H3/q-1. The van der Waals surface area contributed by atoms with Crippen molar-refractivity contribution in [2.45, 2.75) is 18.9 Å². The van der Waals surface area contributed by atoms with Crippen molar-refractivity contribution in [1.82, 2.24) is 0 Å². The third kappa shape index (κ3) is 7.53. The van der Waals surface area contributed by atoms with Crippen molar-refractivity contribution in [2.75, 3.05) is 27.4 Å². The summed E-state index contributed by atoms with van der Waals surface area (Å²) in [5, 5.41) is 0. The van der Waals surface area contributed by atoms with Gasteiger partial charge in [0.15, 0.2) is 8.56 Å². The molecule has 0 rings (SSSR count). The number of rotatable bonds is 9. The molecule has 88 valence electrons. The van der Waals surface area contributed by atoms with Crippen LogP contribution < -0.4 is 0 Å². The molecule has 0 saturated heterocycles. The summed E-state index contributed by atoms with van der Waals surface area (Å²) in [6, 6.07) is 0.858. The molecule has 0 aliphatic carbocycles. The van der Waals surface area contributed by atoms with Gasteiger partial charge in [0.05, 0.1) is 6.61 Å². The van der Waals surface area contributed by atoms with E-state index in [4.69, 9.17) is 13.6 Å².